The van der Waals surface area contributed by atoms with Gasteiger partial charge in [0.15, 0.2) is 0 Å². The molecule has 0 rings (SSSR count). The Morgan fingerprint density at radius 1 is 1.25 bits per heavy atom. The van der Waals surface area contributed by atoms with Crippen molar-refractivity contribution in [3.05, 3.63) is 0 Å². The smallest absolute Gasteiger partial charge is 0.0869 e. The van der Waals surface area contributed by atoms with E-state index >= 15 is 0 Å². The van der Waals surface area contributed by atoms with Gasteiger partial charge in [-0.2, -0.15) is 0 Å². The molecule has 72 valence electrons. The topological polar surface area (TPSA) is 32.5 Å². The van der Waals surface area contributed by atoms with Crippen LogP contribution in [-0.4, -0.2) is 55.6 Å². The standard InChI is InChI=1S/C8H19N3S/c1-10(2)5-4-6-11(3)7-8(9)12/h4-7H2,1-3H3,(H2,9,12). The molecule has 0 spiro atoms. The molecule has 3 nitrogen and oxygen atoms in total. The number of nitrogens with zero attached hydrogens (tertiary/aromatic N) is 2. The largest absolute Gasteiger partial charge is 0.392 e. The summed E-state index contributed by atoms with van der Waals surface area (Å²) in [6.45, 7) is 2.89. The van der Waals surface area contributed by atoms with Crippen molar-refractivity contribution < 1.29 is 0 Å². The van der Waals surface area contributed by atoms with Crippen molar-refractivity contribution in [3.63, 3.8) is 0 Å². The van der Waals surface area contributed by atoms with Gasteiger partial charge in [-0.3, -0.25) is 4.90 Å². The molecular weight excluding hydrogens is 170 g/mol. The van der Waals surface area contributed by atoms with Crippen LogP contribution in [0.25, 0.3) is 0 Å². The summed E-state index contributed by atoms with van der Waals surface area (Å²) in [4.78, 5) is 4.89. The fourth-order valence-corrected chi connectivity index (χ4v) is 1.22. The SMILES string of the molecule is CN(C)CCCN(C)CC(N)=S. The lowest BCUT2D eigenvalue weighted by Gasteiger charge is -2.16. The van der Waals surface area contributed by atoms with E-state index in [-0.39, 0.29) is 0 Å². The zero-order valence-corrected chi connectivity index (χ0v) is 9.02. The normalized spacial score (nSPS) is 11.1. The summed E-state index contributed by atoms with van der Waals surface area (Å²) in [7, 11) is 6.19. The van der Waals surface area contributed by atoms with Crippen LogP contribution >= 0.6 is 12.2 Å². The highest BCUT2D eigenvalue weighted by Crippen LogP contribution is 1.88. The monoisotopic (exact) mass is 189 g/mol. The molecule has 0 aromatic heterocycles. The molecule has 0 saturated carbocycles. The molecule has 2 N–H and O–H groups in total. The second kappa shape index (κ2) is 6.34. The van der Waals surface area contributed by atoms with Gasteiger partial charge in [0.05, 0.1) is 4.99 Å². The van der Waals surface area contributed by atoms with Crippen molar-refractivity contribution in [1.29, 1.82) is 0 Å². The summed E-state index contributed by atoms with van der Waals surface area (Å²) < 4.78 is 0. The Balaban J connectivity index is 3.31. The Morgan fingerprint density at radius 3 is 2.25 bits per heavy atom. The minimum absolute atomic E-state index is 0.572. The number of nitrogens with two attached hydrogens (primary N) is 1. The van der Waals surface area contributed by atoms with Gasteiger partial charge in [0.2, 0.25) is 0 Å². The minimum Gasteiger partial charge on any atom is -0.392 e. The molecule has 0 saturated heterocycles. The van der Waals surface area contributed by atoms with Gasteiger partial charge in [0.1, 0.15) is 0 Å². The van der Waals surface area contributed by atoms with Crippen molar-refractivity contribution in [2.45, 2.75) is 6.42 Å². The Bertz CT molecular complexity index is 136. The summed E-state index contributed by atoms with van der Waals surface area (Å²) in [5.74, 6) is 0. The van der Waals surface area contributed by atoms with E-state index in [4.69, 9.17) is 18.0 Å². The zero-order valence-electron chi connectivity index (χ0n) is 8.21. The lowest BCUT2D eigenvalue weighted by molar-refractivity contribution is 0.327. The van der Waals surface area contributed by atoms with Crippen LogP contribution in [-0.2, 0) is 0 Å². The van der Waals surface area contributed by atoms with Crippen LogP contribution in [0, 0.1) is 0 Å². The van der Waals surface area contributed by atoms with Gasteiger partial charge in [-0.15, -0.1) is 0 Å². The van der Waals surface area contributed by atoms with Crippen LogP contribution in [0.3, 0.4) is 0 Å². The molecule has 0 bridgehead atoms. The van der Waals surface area contributed by atoms with Crippen LogP contribution < -0.4 is 5.73 Å². The average molecular weight is 189 g/mol. The Hall–Kier alpha value is -0.190. The highest BCUT2D eigenvalue weighted by atomic mass is 32.1. The fraction of sp³-hybridized carbons (Fsp3) is 0.875. The molecule has 0 aromatic carbocycles. The first-order chi connectivity index (χ1) is 5.52. The Labute approximate surface area is 80.5 Å². The van der Waals surface area contributed by atoms with Crippen LogP contribution in [0.1, 0.15) is 6.42 Å². The zero-order chi connectivity index (χ0) is 9.56. The van der Waals surface area contributed by atoms with E-state index in [9.17, 15) is 0 Å². The third-order valence-corrected chi connectivity index (χ3v) is 1.70. The van der Waals surface area contributed by atoms with Gasteiger partial charge in [0, 0.05) is 6.54 Å². The highest BCUT2D eigenvalue weighted by Gasteiger charge is 1.99. The first kappa shape index (κ1) is 11.8. The molecule has 0 unspecified atom stereocenters. The summed E-state index contributed by atoms with van der Waals surface area (Å²) in [5, 5.41) is 0. The lowest BCUT2D eigenvalue weighted by atomic mass is 10.4. The van der Waals surface area contributed by atoms with E-state index < -0.39 is 0 Å². The summed E-state index contributed by atoms with van der Waals surface area (Å²) in [6, 6.07) is 0. The van der Waals surface area contributed by atoms with Crippen molar-refractivity contribution in [2.24, 2.45) is 5.73 Å². The molecule has 12 heavy (non-hydrogen) atoms. The number of likely N-dealkylation sites (N-methyl/N-ethyl adjacent to an activating group) is 1. The molecule has 4 heteroatoms. The van der Waals surface area contributed by atoms with Crippen molar-refractivity contribution in [3.8, 4) is 0 Å². The minimum atomic E-state index is 0.572. The number of rotatable bonds is 6. The molecule has 0 radical (unpaired) electrons. The van der Waals surface area contributed by atoms with Crippen molar-refractivity contribution in [1.82, 2.24) is 9.80 Å². The van der Waals surface area contributed by atoms with Crippen molar-refractivity contribution >= 4 is 17.2 Å². The average Bonchev–Trinajstić information content (AvgIpc) is 1.84. The molecule has 0 amide bonds. The van der Waals surface area contributed by atoms with Gasteiger partial charge in [-0.05, 0) is 40.7 Å². The molecule has 0 aliphatic rings. The van der Waals surface area contributed by atoms with E-state index in [0.717, 1.165) is 26.1 Å². The van der Waals surface area contributed by atoms with Crippen LogP contribution in [0.2, 0.25) is 0 Å². The fourth-order valence-electron chi connectivity index (χ4n) is 1.00. The molecule has 0 aliphatic heterocycles. The maximum Gasteiger partial charge on any atom is 0.0869 e. The third-order valence-electron chi connectivity index (χ3n) is 1.57. The first-order valence-corrected chi connectivity index (χ1v) is 4.54. The molecule has 0 aromatic rings. The Kier molecular flexibility index (Phi) is 6.24. The highest BCUT2D eigenvalue weighted by molar-refractivity contribution is 7.80. The molecule has 0 fully saturated rings. The molecule has 0 aliphatic carbocycles. The number of hydrogen-bond acceptors (Lipinski definition) is 3. The van der Waals surface area contributed by atoms with Crippen LogP contribution in [0.4, 0.5) is 0 Å². The Morgan fingerprint density at radius 2 is 1.83 bits per heavy atom. The van der Waals surface area contributed by atoms with E-state index in [1.807, 2.05) is 7.05 Å². The van der Waals surface area contributed by atoms with E-state index in [0.29, 0.717) is 4.99 Å². The van der Waals surface area contributed by atoms with Crippen LogP contribution in [0.5, 0.6) is 0 Å². The second-order valence-corrected chi connectivity index (χ2v) is 3.89. The predicted molar refractivity (Wildman–Crippen MR) is 57.5 cm³/mol. The second-order valence-electron chi connectivity index (χ2n) is 3.36. The summed E-state index contributed by atoms with van der Waals surface area (Å²) >= 11 is 4.80. The van der Waals surface area contributed by atoms with Gasteiger partial charge in [-0.1, -0.05) is 12.2 Å². The molecular formula is C8H19N3S. The van der Waals surface area contributed by atoms with Gasteiger partial charge in [-0.25, -0.2) is 0 Å². The van der Waals surface area contributed by atoms with Gasteiger partial charge in [0.25, 0.3) is 0 Å². The maximum absolute atomic E-state index is 5.40. The first-order valence-electron chi connectivity index (χ1n) is 4.14. The maximum atomic E-state index is 5.40. The number of hydrogen-bond donors (Lipinski definition) is 1. The van der Waals surface area contributed by atoms with E-state index in [1.54, 1.807) is 0 Å². The molecule has 0 atom stereocenters. The van der Waals surface area contributed by atoms with Crippen LogP contribution in [0.15, 0.2) is 0 Å². The van der Waals surface area contributed by atoms with Crippen molar-refractivity contribution in [2.75, 3.05) is 40.8 Å². The van der Waals surface area contributed by atoms with E-state index in [2.05, 4.69) is 23.9 Å². The lowest BCUT2D eigenvalue weighted by Crippen LogP contribution is -2.31. The van der Waals surface area contributed by atoms with E-state index in [1.165, 1.54) is 0 Å². The van der Waals surface area contributed by atoms with Gasteiger partial charge >= 0.3 is 0 Å². The van der Waals surface area contributed by atoms with Gasteiger partial charge < -0.3 is 10.6 Å². The predicted octanol–water partition coefficient (Wildman–Crippen LogP) is 0.156. The summed E-state index contributed by atoms with van der Waals surface area (Å²) in [6.07, 6.45) is 1.16. The third kappa shape index (κ3) is 7.91. The summed E-state index contributed by atoms with van der Waals surface area (Å²) in [5.41, 5.74) is 5.40. The quantitative estimate of drug-likeness (QED) is 0.603. The number of thiocarbonyl (C=S) groups is 1. The molecule has 0 heterocycles.